The number of likely N-dealkylation sites (N-methyl/N-ethyl adjacent to an activating group) is 3. The number of hydrogen-bond acceptors (Lipinski definition) is 4. The highest BCUT2D eigenvalue weighted by atomic mass is 79.9. The number of aliphatic hydroxyl groups excluding tert-OH is 3. The van der Waals surface area contributed by atoms with Gasteiger partial charge in [-0.05, 0) is 53.6 Å². The topological polar surface area (TPSA) is 63.9 Å². The third kappa shape index (κ3) is 29.0. The Kier molecular flexibility index (Phi) is 52.4. The zero-order chi connectivity index (χ0) is 26.7. The molecule has 37 heavy (non-hydrogen) atoms. The summed E-state index contributed by atoms with van der Waals surface area (Å²) in [4.78, 5) is 2.18. The molecule has 0 aliphatic rings. The van der Waals surface area contributed by atoms with Gasteiger partial charge in [0, 0.05) is 30.0 Å². The maximum Gasteiger partial charge on any atom is 0.102 e. The highest BCUT2D eigenvalue weighted by Crippen LogP contribution is 2.12. The van der Waals surface area contributed by atoms with E-state index in [4.69, 9.17) is 5.11 Å². The lowest BCUT2D eigenvalue weighted by Crippen LogP contribution is -3.00. The lowest BCUT2D eigenvalue weighted by molar-refractivity contribution is -0.931. The zero-order valence-electron chi connectivity index (χ0n) is 24.3. The molecule has 0 radical (unpaired) electrons. The second kappa shape index (κ2) is 37.7. The molecule has 0 spiro atoms. The van der Waals surface area contributed by atoms with Crippen LogP contribution < -0.4 is 34.0 Å². The van der Waals surface area contributed by atoms with Gasteiger partial charge in [0.1, 0.15) is 13.1 Å². The van der Waals surface area contributed by atoms with Crippen LogP contribution in [0.1, 0.15) is 74.7 Å². The predicted octanol–water partition coefficient (Wildman–Crippen LogP) is -1.01. The Labute approximate surface area is 270 Å². The van der Waals surface area contributed by atoms with Crippen molar-refractivity contribution in [1.82, 2.24) is 4.90 Å². The highest BCUT2D eigenvalue weighted by Gasteiger charge is 2.25. The SMILES string of the molecule is BrCCCCBr.C.CCN(CC)CCO.CC[N+](CC)(CCO)CCCC[N+](CC)(CC)CCO.[Br-].[Br-]. The normalized spacial score (nSPS) is 10.7. The molecule has 234 valence electrons. The number of halogens is 4. The maximum atomic E-state index is 9.25. The van der Waals surface area contributed by atoms with Crippen molar-refractivity contribution in [2.75, 3.05) is 102 Å². The summed E-state index contributed by atoms with van der Waals surface area (Å²) in [7, 11) is 0. The fraction of sp³-hybridized carbons (Fsp3) is 1.00. The molecule has 0 aromatic heterocycles. The fourth-order valence-electron chi connectivity index (χ4n) is 4.12. The van der Waals surface area contributed by atoms with Crippen LogP contribution in [0.2, 0.25) is 0 Å². The van der Waals surface area contributed by atoms with Crippen LogP contribution in [0.3, 0.4) is 0 Å². The van der Waals surface area contributed by atoms with Crippen molar-refractivity contribution in [3.05, 3.63) is 0 Å². The van der Waals surface area contributed by atoms with Crippen LogP contribution in [-0.4, -0.2) is 132 Å². The second-order valence-electron chi connectivity index (χ2n) is 8.83. The summed E-state index contributed by atoms with van der Waals surface area (Å²) < 4.78 is 2.07. The maximum absolute atomic E-state index is 9.25. The lowest BCUT2D eigenvalue weighted by Gasteiger charge is -2.38. The van der Waals surface area contributed by atoms with Crippen molar-refractivity contribution in [1.29, 1.82) is 0 Å². The Morgan fingerprint density at radius 2 is 0.865 bits per heavy atom. The number of unbranched alkanes of at least 4 members (excludes halogenated alkanes) is 2. The standard InChI is InChI=1S/C16H38N2O2.C6H15NO.C4H8Br2.CH4.2BrH/c1-5-17(6-2,13-15-19)11-9-10-12-18(7-3,8-4)14-16-20;1-3-7(4-2)5-6-8;5-3-1-2-4-6;;;/h19-20H,5-16H2,1-4H3;8H,3-6H2,1-2H3;1-4H2;1H4;2*1H/q+2;;;;;/p-2. The Hall–Kier alpha value is 1.68. The minimum absolute atomic E-state index is 0. The minimum Gasteiger partial charge on any atom is -1.00 e. The third-order valence-electron chi connectivity index (χ3n) is 7.17. The molecule has 0 heterocycles. The molecule has 0 rings (SSSR count). The van der Waals surface area contributed by atoms with Crippen molar-refractivity contribution < 1.29 is 58.2 Å². The van der Waals surface area contributed by atoms with Crippen LogP contribution in [-0.2, 0) is 0 Å². The first-order chi connectivity index (χ1) is 16.3. The van der Waals surface area contributed by atoms with Gasteiger partial charge in [-0.25, -0.2) is 0 Å². The molecule has 0 aliphatic carbocycles. The molecule has 0 bridgehead atoms. The Bertz CT molecular complexity index is 362. The molecule has 0 amide bonds. The van der Waals surface area contributed by atoms with Gasteiger partial charge in [-0.2, -0.15) is 0 Å². The van der Waals surface area contributed by atoms with E-state index >= 15 is 0 Å². The van der Waals surface area contributed by atoms with Crippen molar-refractivity contribution in [2.45, 2.75) is 74.7 Å². The molecule has 0 aromatic carbocycles. The Balaban J connectivity index is -0.000000118. The van der Waals surface area contributed by atoms with Gasteiger partial charge in [0.2, 0.25) is 0 Å². The van der Waals surface area contributed by atoms with Crippen LogP contribution in [0.4, 0.5) is 0 Å². The summed E-state index contributed by atoms with van der Waals surface area (Å²) in [6, 6.07) is 0. The van der Waals surface area contributed by atoms with E-state index in [1.807, 2.05) is 0 Å². The summed E-state index contributed by atoms with van der Waals surface area (Å²) in [6.07, 6.45) is 5.00. The number of rotatable bonds is 20. The molecular weight excluding hydrogens is 734 g/mol. The summed E-state index contributed by atoms with van der Waals surface area (Å²) in [5.74, 6) is 0. The molecule has 0 fully saturated rings. The first kappa shape index (κ1) is 51.4. The van der Waals surface area contributed by atoms with E-state index in [1.54, 1.807) is 0 Å². The van der Waals surface area contributed by atoms with Crippen LogP contribution in [0.5, 0.6) is 0 Å². The summed E-state index contributed by atoms with van der Waals surface area (Å²) >= 11 is 6.66. The largest absolute Gasteiger partial charge is 1.00 e. The number of quaternary nitrogens is 2. The van der Waals surface area contributed by atoms with Crippen LogP contribution in [0, 0.1) is 0 Å². The van der Waals surface area contributed by atoms with E-state index in [0.717, 1.165) is 78.5 Å². The van der Waals surface area contributed by atoms with Gasteiger partial charge in [0.05, 0.1) is 59.1 Å². The number of alkyl halides is 2. The minimum atomic E-state index is 0. The van der Waals surface area contributed by atoms with E-state index in [0.29, 0.717) is 0 Å². The lowest BCUT2D eigenvalue weighted by atomic mass is 10.2. The fourth-order valence-corrected chi connectivity index (χ4v) is 4.92. The van der Waals surface area contributed by atoms with Gasteiger partial charge in [0.15, 0.2) is 0 Å². The smallest absolute Gasteiger partial charge is 0.102 e. The summed E-state index contributed by atoms with van der Waals surface area (Å²) in [5, 5.41) is 29.2. The quantitative estimate of drug-likeness (QED) is 0.0841. The first-order valence-electron chi connectivity index (χ1n) is 13.7. The molecule has 0 aromatic rings. The molecule has 0 aliphatic heterocycles. The average molecular weight is 799 g/mol. The van der Waals surface area contributed by atoms with Crippen LogP contribution in [0.15, 0.2) is 0 Å². The second-order valence-corrected chi connectivity index (χ2v) is 10.4. The van der Waals surface area contributed by atoms with Gasteiger partial charge >= 0.3 is 0 Å². The van der Waals surface area contributed by atoms with E-state index in [9.17, 15) is 10.2 Å². The van der Waals surface area contributed by atoms with E-state index in [2.05, 4.69) is 78.3 Å². The third-order valence-corrected chi connectivity index (χ3v) is 8.30. The molecule has 10 heteroatoms. The molecule has 0 saturated carbocycles. The van der Waals surface area contributed by atoms with E-state index < -0.39 is 0 Å². The van der Waals surface area contributed by atoms with Gasteiger partial charge in [-0.15, -0.1) is 0 Å². The van der Waals surface area contributed by atoms with E-state index in [-0.39, 0.29) is 61.2 Å². The number of aliphatic hydroxyl groups is 3. The molecule has 0 unspecified atom stereocenters. The van der Waals surface area contributed by atoms with E-state index in [1.165, 1.54) is 38.8 Å². The molecule has 0 saturated heterocycles. The molecule has 0 atom stereocenters. The van der Waals surface area contributed by atoms with Gasteiger partial charge in [-0.3, -0.25) is 0 Å². The van der Waals surface area contributed by atoms with Crippen molar-refractivity contribution >= 4 is 31.9 Å². The number of hydrogen-bond donors (Lipinski definition) is 3. The predicted molar refractivity (Wildman–Crippen MR) is 164 cm³/mol. The highest BCUT2D eigenvalue weighted by molar-refractivity contribution is 9.09. The Morgan fingerprint density at radius 3 is 1.03 bits per heavy atom. The summed E-state index contributed by atoms with van der Waals surface area (Å²) in [5.41, 5.74) is 0. The molecule has 3 N–H and O–H groups in total. The van der Waals surface area contributed by atoms with Gasteiger partial charge in [0.25, 0.3) is 0 Å². The van der Waals surface area contributed by atoms with Crippen molar-refractivity contribution in [3.8, 4) is 0 Å². The molecule has 6 nitrogen and oxygen atoms in total. The monoisotopic (exact) mass is 795 g/mol. The van der Waals surface area contributed by atoms with Crippen LogP contribution >= 0.6 is 31.9 Å². The van der Waals surface area contributed by atoms with Crippen LogP contribution in [0.25, 0.3) is 0 Å². The Morgan fingerprint density at radius 1 is 0.541 bits per heavy atom. The van der Waals surface area contributed by atoms with Crippen molar-refractivity contribution in [3.63, 3.8) is 0 Å². The summed E-state index contributed by atoms with van der Waals surface area (Å²) in [6.45, 7) is 25.4. The average Bonchev–Trinajstić information content (AvgIpc) is 2.88. The van der Waals surface area contributed by atoms with Crippen molar-refractivity contribution in [2.24, 2.45) is 0 Å². The number of nitrogens with zero attached hydrogens (tertiary/aromatic N) is 3. The van der Waals surface area contributed by atoms with Gasteiger partial charge in [-0.1, -0.05) is 53.1 Å². The molecular formula is C27H65Br4N3O3. The first-order valence-corrected chi connectivity index (χ1v) is 15.9. The zero-order valence-corrected chi connectivity index (χ0v) is 30.7. The van der Waals surface area contributed by atoms with Gasteiger partial charge < -0.3 is 63.1 Å².